The molecule has 0 aromatic carbocycles. The number of methoxy groups -OCH3 is 1. The summed E-state index contributed by atoms with van der Waals surface area (Å²) in [6.45, 7) is 1.98. The topological polar surface area (TPSA) is 56.5 Å². The summed E-state index contributed by atoms with van der Waals surface area (Å²) >= 11 is 0. The smallest absolute Gasteiger partial charge is 0.338 e. The monoisotopic (exact) mass is 205 g/mol. The van der Waals surface area contributed by atoms with Crippen LogP contribution in [-0.2, 0) is 11.2 Å². The number of rotatable bonds is 2. The number of fused-ring (bicyclic) bond motifs is 1. The zero-order valence-corrected chi connectivity index (χ0v) is 8.60. The lowest BCUT2D eigenvalue weighted by molar-refractivity contribution is 0.0600. The van der Waals surface area contributed by atoms with Gasteiger partial charge in [-0.25, -0.2) is 14.3 Å². The van der Waals surface area contributed by atoms with Crippen molar-refractivity contribution in [3.8, 4) is 0 Å². The summed E-state index contributed by atoms with van der Waals surface area (Å²) in [5.41, 5.74) is 1.15. The van der Waals surface area contributed by atoms with Gasteiger partial charge in [-0.3, -0.25) is 0 Å². The maximum Gasteiger partial charge on any atom is 0.338 e. The molecule has 15 heavy (non-hydrogen) atoms. The Morgan fingerprint density at radius 1 is 1.60 bits per heavy atom. The first-order valence-corrected chi connectivity index (χ1v) is 4.68. The number of aromatic nitrogens is 3. The number of hydrogen-bond acceptors (Lipinski definition) is 4. The van der Waals surface area contributed by atoms with Gasteiger partial charge in [0.2, 0.25) is 0 Å². The number of ether oxygens (including phenoxy) is 1. The molecule has 2 aromatic heterocycles. The first-order valence-electron chi connectivity index (χ1n) is 4.68. The van der Waals surface area contributed by atoms with Crippen LogP contribution in [0.15, 0.2) is 18.3 Å². The molecule has 0 saturated heterocycles. The van der Waals surface area contributed by atoms with E-state index in [1.165, 1.54) is 7.11 Å². The molecule has 0 saturated carbocycles. The van der Waals surface area contributed by atoms with E-state index in [9.17, 15) is 4.79 Å². The Morgan fingerprint density at radius 3 is 3.07 bits per heavy atom. The van der Waals surface area contributed by atoms with Gasteiger partial charge < -0.3 is 4.74 Å². The van der Waals surface area contributed by atoms with E-state index >= 15 is 0 Å². The van der Waals surface area contributed by atoms with Gasteiger partial charge >= 0.3 is 5.97 Å². The van der Waals surface area contributed by atoms with Gasteiger partial charge in [0, 0.05) is 12.6 Å². The van der Waals surface area contributed by atoms with E-state index in [1.807, 2.05) is 6.92 Å². The zero-order chi connectivity index (χ0) is 10.8. The molecule has 5 heteroatoms. The van der Waals surface area contributed by atoms with Crippen molar-refractivity contribution in [2.45, 2.75) is 13.3 Å². The molecular formula is C10H11N3O2. The Hall–Kier alpha value is -1.91. The van der Waals surface area contributed by atoms with Gasteiger partial charge in [-0.1, -0.05) is 6.92 Å². The minimum atomic E-state index is -0.362. The molecule has 0 spiro atoms. The molecule has 0 aliphatic carbocycles. The van der Waals surface area contributed by atoms with E-state index in [4.69, 9.17) is 0 Å². The van der Waals surface area contributed by atoms with Crippen LogP contribution >= 0.6 is 0 Å². The van der Waals surface area contributed by atoms with E-state index in [-0.39, 0.29) is 5.97 Å². The third-order valence-electron chi connectivity index (χ3n) is 2.12. The lowest BCUT2D eigenvalue weighted by atomic mass is 10.3. The Balaban J connectivity index is 2.50. The van der Waals surface area contributed by atoms with Crippen LogP contribution < -0.4 is 0 Å². The minimum Gasteiger partial charge on any atom is -0.465 e. The second kappa shape index (κ2) is 3.68. The lowest BCUT2D eigenvalue weighted by Gasteiger charge is -1.97. The summed E-state index contributed by atoms with van der Waals surface area (Å²) in [6, 6.07) is 3.32. The van der Waals surface area contributed by atoms with Gasteiger partial charge in [0.05, 0.1) is 12.7 Å². The van der Waals surface area contributed by atoms with Crippen molar-refractivity contribution >= 4 is 11.6 Å². The van der Waals surface area contributed by atoms with E-state index in [0.717, 1.165) is 12.2 Å². The number of carbonyl (C=O) groups excluding carboxylic acids is 1. The van der Waals surface area contributed by atoms with Crippen LogP contribution in [0.25, 0.3) is 5.65 Å². The summed E-state index contributed by atoms with van der Waals surface area (Å²) in [6.07, 6.45) is 2.48. The SMILES string of the molecule is CCc1nc2cc(C(=O)OC)ccn2n1. The Morgan fingerprint density at radius 2 is 2.40 bits per heavy atom. The van der Waals surface area contributed by atoms with Gasteiger partial charge in [-0.05, 0) is 12.1 Å². The van der Waals surface area contributed by atoms with Crippen LogP contribution in [-0.4, -0.2) is 27.7 Å². The average molecular weight is 205 g/mol. The van der Waals surface area contributed by atoms with Crippen molar-refractivity contribution in [1.29, 1.82) is 0 Å². The first kappa shape index (κ1) is 9.64. The van der Waals surface area contributed by atoms with Gasteiger partial charge in [0.15, 0.2) is 11.5 Å². The van der Waals surface area contributed by atoms with Crippen molar-refractivity contribution in [3.05, 3.63) is 29.7 Å². The highest BCUT2D eigenvalue weighted by Gasteiger charge is 2.08. The summed E-state index contributed by atoms with van der Waals surface area (Å²) in [5.74, 6) is 0.399. The number of aryl methyl sites for hydroxylation is 1. The molecule has 0 atom stereocenters. The van der Waals surface area contributed by atoms with Crippen LogP contribution in [0.5, 0.6) is 0 Å². The molecule has 0 unspecified atom stereocenters. The third kappa shape index (κ3) is 1.68. The van der Waals surface area contributed by atoms with Crippen LogP contribution in [0.3, 0.4) is 0 Å². The maximum atomic E-state index is 11.3. The fraction of sp³-hybridized carbons (Fsp3) is 0.300. The second-order valence-corrected chi connectivity index (χ2v) is 3.09. The highest BCUT2D eigenvalue weighted by atomic mass is 16.5. The molecule has 0 aliphatic heterocycles. The standard InChI is InChI=1S/C10H11N3O2/c1-3-8-11-9-6-7(10(14)15-2)4-5-13(9)12-8/h4-6H,3H2,1-2H3. The highest BCUT2D eigenvalue weighted by molar-refractivity contribution is 5.90. The molecule has 0 bridgehead atoms. The largest absolute Gasteiger partial charge is 0.465 e. The second-order valence-electron chi connectivity index (χ2n) is 3.09. The van der Waals surface area contributed by atoms with Crippen LogP contribution in [0, 0.1) is 0 Å². The molecule has 0 aliphatic rings. The van der Waals surface area contributed by atoms with E-state index in [0.29, 0.717) is 11.2 Å². The van der Waals surface area contributed by atoms with Gasteiger partial charge in [-0.2, -0.15) is 5.10 Å². The summed E-state index contributed by atoms with van der Waals surface area (Å²) in [5, 5.41) is 4.21. The molecule has 78 valence electrons. The normalized spacial score (nSPS) is 10.5. The average Bonchev–Trinajstić information content (AvgIpc) is 2.69. The van der Waals surface area contributed by atoms with Gasteiger partial charge in [0.25, 0.3) is 0 Å². The molecule has 0 radical (unpaired) electrons. The number of nitrogens with zero attached hydrogens (tertiary/aromatic N) is 3. The van der Waals surface area contributed by atoms with E-state index < -0.39 is 0 Å². The molecule has 2 aromatic rings. The van der Waals surface area contributed by atoms with Crippen molar-refractivity contribution in [1.82, 2.24) is 14.6 Å². The van der Waals surface area contributed by atoms with E-state index in [1.54, 1.807) is 22.8 Å². The molecule has 0 fully saturated rings. The van der Waals surface area contributed by atoms with E-state index in [2.05, 4.69) is 14.8 Å². The lowest BCUT2D eigenvalue weighted by Crippen LogP contribution is -2.02. The van der Waals surface area contributed by atoms with Crippen molar-refractivity contribution < 1.29 is 9.53 Å². The van der Waals surface area contributed by atoms with Crippen molar-refractivity contribution in [2.24, 2.45) is 0 Å². The number of esters is 1. The molecule has 2 rings (SSSR count). The van der Waals surface area contributed by atoms with Crippen LogP contribution in [0.4, 0.5) is 0 Å². The summed E-state index contributed by atoms with van der Waals surface area (Å²) in [4.78, 5) is 15.5. The predicted octanol–water partition coefficient (Wildman–Crippen LogP) is 1.08. The fourth-order valence-corrected chi connectivity index (χ4v) is 1.32. The quantitative estimate of drug-likeness (QED) is 0.688. The number of pyridine rings is 1. The Labute approximate surface area is 86.7 Å². The van der Waals surface area contributed by atoms with Gasteiger partial charge in [-0.15, -0.1) is 0 Å². The predicted molar refractivity (Wildman–Crippen MR) is 53.7 cm³/mol. The molecule has 0 N–H and O–H groups in total. The Kier molecular flexibility index (Phi) is 2.37. The van der Waals surface area contributed by atoms with Crippen molar-refractivity contribution in [3.63, 3.8) is 0 Å². The Bertz CT molecular complexity index is 504. The third-order valence-corrected chi connectivity index (χ3v) is 2.12. The molecular weight excluding hydrogens is 194 g/mol. The minimum absolute atomic E-state index is 0.362. The fourth-order valence-electron chi connectivity index (χ4n) is 1.32. The highest BCUT2D eigenvalue weighted by Crippen LogP contribution is 2.07. The summed E-state index contributed by atoms with van der Waals surface area (Å²) in [7, 11) is 1.35. The number of carbonyl (C=O) groups is 1. The van der Waals surface area contributed by atoms with Gasteiger partial charge in [0.1, 0.15) is 0 Å². The molecule has 5 nitrogen and oxygen atoms in total. The summed E-state index contributed by atoms with van der Waals surface area (Å²) < 4.78 is 6.27. The first-order chi connectivity index (χ1) is 7.24. The molecule has 0 amide bonds. The van der Waals surface area contributed by atoms with Crippen LogP contribution in [0.1, 0.15) is 23.1 Å². The molecule has 2 heterocycles. The van der Waals surface area contributed by atoms with Crippen LogP contribution in [0.2, 0.25) is 0 Å². The maximum absolute atomic E-state index is 11.3. The zero-order valence-electron chi connectivity index (χ0n) is 8.60. The van der Waals surface area contributed by atoms with Crippen molar-refractivity contribution in [2.75, 3.05) is 7.11 Å². The number of hydrogen-bond donors (Lipinski definition) is 0.